The third-order valence-corrected chi connectivity index (χ3v) is 3.99. The molecule has 0 fully saturated rings. The number of hydrogen-bond donors (Lipinski definition) is 0. The monoisotopic (exact) mass is 277 g/mol. The summed E-state index contributed by atoms with van der Waals surface area (Å²) in [4.78, 5) is 13.5. The van der Waals surface area contributed by atoms with E-state index < -0.39 is 0 Å². The first kappa shape index (κ1) is 14.8. The van der Waals surface area contributed by atoms with Gasteiger partial charge in [0.25, 0.3) is 0 Å². The predicted octanol–water partition coefficient (Wildman–Crippen LogP) is 4.12. The fourth-order valence-corrected chi connectivity index (χ4v) is 3.03. The van der Waals surface area contributed by atoms with E-state index in [1.807, 2.05) is 0 Å². The summed E-state index contributed by atoms with van der Waals surface area (Å²) in [5.41, 5.74) is 2.53. The van der Waals surface area contributed by atoms with Crippen LogP contribution in [-0.4, -0.2) is 22.7 Å². The molecule has 1 aliphatic carbocycles. The van der Waals surface area contributed by atoms with Gasteiger partial charge < -0.3 is 4.90 Å². The molecule has 0 spiro atoms. The van der Waals surface area contributed by atoms with E-state index in [0.717, 1.165) is 31.4 Å². The van der Waals surface area contributed by atoms with Gasteiger partial charge in [-0.2, -0.15) is 0 Å². The molecule has 1 amide bonds. The smallest absolute Gasteiger partial charge is 0.242 e. The van der Waals surface area contributed by atoms with E-state index >= 15 is 0 Å². The van der Waals surface area contributed by atoms with Crippen molar-refractivity contribution in [2.45, 2.75) is 46.0 Å². The molecule has 0 aromatic rings. The molecule has 0 radical (unpaired) electrons. The zero-order valence-corrected chi connectivity index (χ0v) is 12.2. The molecule has 17 heavy (non-hydrogen) atoms. The van der Waals surface area contributed by atoms with Crippen molar-refractivity contribution in [3.63, 3.8) is 0 Å². The number of rotatable bonds is 5. The van der Waals surface area contributed by atoms with Crippen molar-refractivity contribution >= 4 is 29.1 Å². The van der Waals surface area contributed by atoms with Gasteiger partial charge in [-0.1, -0.05) is 19.4 Å². The number of hydrogen-bond acceptors (Lipinski definition) is 1. The lowest BCUT2D eigenvalue weighted by atomic mass is 9.83. The Morgan fingerprint density at radius 2 is 2.12 bits per heavy atom. The van der Waals surface area contributed by atoms with Crippen molar-refractivity contribution in [2.75, 3.05) is 11.9 Å². The lowest BCUT2D eigenvalue weighted by Crippen LogP contribution is -2.35. The highest BCUT2D eigenvalue weighted by molar-refractivity contribution is 6.28. The van der Waals surface area contributed by atoms with Crippen molar-refractivity contribution in [1.29, 1.82) is 0 Å². The van der Waals surface area contributed by atoms with Crippen LogP contribution in [-0.2, 0) is 4.79 Å². The van der Waals surface area contributed by atoms with Gasteiger partial charge in [-0.25, -0.2) is 0 Å². The number of carbonyl (C=O) groups excluding carboxylic acids is 1. The highest BCUT2D eigenvalue weighted by atomic mass is 35.5. The van der Waals surface area contributed by atoms with Crippen LogP contribution >= 0.6 is 23.2 Å². The summed E-state index contributed by atoms with van der Waals surface area (Å²) in [5.74, 6) is 0.386. The summed E-state index contributed by atoms with van der Waals surface area (Å²) in [6, 6.07) is 0.209. The van der Waals surface area contributed by atoms with Crippen LogP contribution in [0.2, 0.25) is 0 Å². The van der Waals surface area contributed by atoms with Gasteiger partial charge in [-0.3, -0.25) is 4.79 Å². The molecule has 0 aromatic carbocycles. The van der Waals surface area contributed by atoms with Crippen LogP contribution in [0.25, 0.3) is 0 Å². The van der Waals surface area contributed by atoms with Gasteiger partial charge in [0, 0.05) is 5.70 Å². The molecule has 0 N–H and O–H groups in total. The average molecular weight is 278 g/mol. The van der Waals surface area contributed by atoms with Gasteiger partial charge in [-0.05, 0) is 38.0 Å². The van der Waals surface area contributed by atoms with E-state index in [2.05, 4.69) is 13.8 Å². The van der Waals surface area contributed by atoms with Crippen LogP contribution < -0.4 is 0 Å². The van der Waals surface area contributed by atoms with Crippen molar-refractivity contribution < 1.29 is 4.79 Å². The third-order valence-electron chi connectivity index (χ3n) is 3.53. The summed E-state index contributed by atoms with van der Waals surface area (Å²) < 4.78 is 0. The van der Waals surface area contributed by atoms with E-state index in [1.165, 1.54) is 12.0 Å². The van der Waals surface area contributed by atoms with E-state index in [4.69, 9.17) is 23.2 Å². The number of nitrogens with zero attached hydrogens (tertiary/aromatic N) is 1. The molecule has 0 heterocycles. The lowest BCUT2D eigenvalue weighted by Gasteiger charge is -2.34. The van der Waals surface area contributed by atoms with Crippen LogP contribution in [0, 0.1) is 5.92 Å². The van der Waals surface area contributed by atoms with Crippen LogP contribution in [0.3, 0.4) is 0 Å². The SMILES string of the molecule is CCC1=C(N(CCl)C(=O)CCl)C(CC)CCC1. The molecule has 0 bridgehead atoms. The molecule has 1 rings (SSSR count). The fraction of sp³-hybridized carbons (Fsp3) is 0.769. The minimum Gasteiger partial charge on any atom is -0.301 e. The van der Waals surface area contributed by atoms with Gasteiger partial charge in [-0.15, -0.1) is 23.2 Å². The summed E-state index contributed by atoms with van der Waals surface area (Å²) in [5, 5.41) is 0. The highest BCUT2D eigenvalue weighted by Crippen LogP contribution is 2.36. The topological polar surface area (TPSA) is 20.3 Å². The maximum absolute atomic E-state index is 11.8. The third kappa shape index (κ3) is 3.38. The van der Waals surface area contributed by atoms with Crippen LogP contribution in [0.15, 0.2) is 11.3 Å². The summed E-state index contributed by atoms with van der Waals surface area (Å²) in [6.07, 6.45) is 5.51. The number of alkyl halides is 2. The average Bonchev–Trinajstić information content (AvgIpc) is 2.39. The molecule has 0 aliphatic heterocycles. The normalized spacial score (nSPS) is 20.6. The van der Waals surface area contributed by atoms with E-state index in [0.29, 0.717) is 5.92 Å². The predicted molar refractivity (Wildman–Crippen MR) is 73.2 cm³/mol. The molecule has 0 saturated carbocycles. The zero-order chi connectivity index (χ0) is 12.8. The second-order valence-corrected chi connectivity index (χ2v) is 4.92. The number of allylic oxidation sites excluding steroid dienone is 2. The highest BCUT2D eigenvalue weighted by Gasteiger charge is 2.28. The van der Waals surface area contributed by atoms with Crippen molar-refractivity contribution in [1.82, 2.24) is 4.90 Å². The number of halogens is 2. The fourth-order valence-electron chi connectivity index (χ4n) is 2.62. The van der Waals surface area contributed by atoms with Gasteiger partial charge in [0.05, 0.1) is 0 Å². The van der Waals surface area contributed by atoms with Crippen LogP contribution in [0.5, 0.6) is 0 Å². The second kappa shape index (κ2) is 7.27. The van der Waals surface area contributed by atoms with E-state index in [-0.39, 0.29) is 17.8 Å². The van der Waals surface area contributed by atoms with Gasteiger partial charge in [0.15, 0.2) is 0 Å². The Balaban J connectivity index is 3.07. The number of amides is 1. The molecule has 98 valence electrons. The Morgan fingerprint density at radius 1 is 1.41 bits per heavy atom. The van der Waals surface area contributed by atoms with E-state index in [9.17, 15) is 4.79 Å². The first-order chi connectivity index (χ1) is 8.19. The van der Waals surface area contributed by atoms with Crippen molar-refractivity contribution in [3.05, 3.63) is 11.3 Å². The Morgan fingerprint density at radius 3 is 2.59 bits per heavy atom. The molecule has 4 heteroatoms. The standard InChI is InChI=1S/C13H21Cl2NO/c1-3-10-6-5-7-11(4-2)13(10)16(9-15)12(17)8-14/h10H,3-9H2,1-2H3. The molecule has 2 nitrogen and oxygen atoms in total. The van der Waals surface area contributed by atoms with Crippen molar-refractivity contribution in [2.24, 2.45) is 5.92 Å². The lowest BCUT2D eigenvalue weighted by molar-refractivity contribution is -0.126. The minimum atomic E-state index is -0.0806. The number of carbonyl (C=O) groups is 1. The Bertz CT molecular complexity index is 302. The quantitative estimate of drug-likeness (QED) is 0.547. The first-order valence-electron chi connectivity index (χ1n) is 6.33. The molecular weight excluding hydrogens is 257 g/mol. The largest absolute Gasteiger partial charge is 0.301 e. The van der Waals surface area contributed by atoms with Crippen LogP contribution in [0.4, 0.5) is 0 Å². The van der Waals surface area contributed by atoms with Gasteiger partial charge in [0.2, 0.25) is 5.91 Å². The Labute approximate surface area is 114 Å². The molecule has 1 aliphatic rings. The molecule has 0 aromatic heterocycles. The maximum atomic E-state index is 11.8. The summed E-state index contributed by atoms with van der Waals surface area (Å²) >= 11 is 11.6. The Hall–Kier alpha value is -0.210. The van der Waals surface area contributed by atoms with Gasteiger partial charge in [0.1, 0.15) is 11.9 Å². The summed E-state index contributed by atoms with van der Waals surface area (Å²) in [7, 11) is 0. The molecule has 0 saturated heterocycles. The maximum Gasteiger partial charge on any atom is 0.242 e. The van der Waals surface area contributed by atoms with Crippen LogP contribution in [0.1, 0.15) is 46.0 Å². The van der Waals surface area contributed by atoms with Gasteiger partial charge >= 0.3 is 0 Å². The van der Waals surface area contributed by atoms with Crippen molar-refractivity contribution in [3.8, 4) is 0 Å². The van der Waals surface area contributed by atoms with E-state index in [1.54, 1.807) is 4.90 Å². The zero-order valence-electron chi connectivity index (χ0n) is 10.6. The molecule has 1 unspecified atom stereocenters. The molecular formula is C13H21Cl2NO. The molecule has 1 atom stereocenters. The first-order valence-corrected chi connectivity index (χ1v) is 7.40. The second-order valence-electron chi connectivity index (χ2n) is 4.41. The minimum absolute atomic E-state index is 0.00362. The Kier molecular flexibility index (Phi) is 6.35. The summed E-state index contributed by atoms with van der Waals surface area (Å²) in [6.45, 7) is 4.31.